The first kappa shape index (κ1) is 10.5. The molecule has 72 valence electrons. The molecule has 0 heterocycles. The summed E-state index contributed by atoms with van der Waals surface area (Å²) in [5, 5.41) is 0.998. The number of alkyl halides is 1. The molecule has 1 rings (SSSR count). The van der Waals surface area contributed by atoms with Crippen molar-refractivity contribution in [3.8, 4) is 0 Å². The molecule has 2 atom stereocenters. The maximum Gasteiger partial charge on any atom is 0.0781 e. The van der Waals surface area contributed by atoms with Crippen molar-refractivity contribution in [1.82, 2.24) is 0 Å². The number of halogens is 1. The highest BCUT2D eigenvalue weighted by atomic mass is 79.9. The van der Waals surface area contributed by atoms with Crippen molar-refractivity contribution in [3.63, 3.8) is 0 Å². The van der Waals surface area contributed by atoms with Crippen molar-refractivity contribution in [2.24, 2.45) is 5.92 Å². The van der Waals surface area contributed by atoms with Gasteiger partial charge < -0.3 is 4.74 Å². The number of ether oxygens (including phenoxy) is 1. The zero-order chi connectivity index (χ0) is 9.03. The second-order valence-electron chi connectivity index (χ2n) is 3.95. The summed E-state index contributed by atoms with van der Waals surface area (Å²) in [7, 11) is 0. The van der Waals surface area contributed by atoms with Crippen LogP contribution < -0.4 is 0 Å². The molecule has 0 amide bonds. The van der Waals surface area contributed by atoms with Gasteiger partial charge in [-0.3, -0.25) is 0 Å². The molecule has 1 aliphatic rings. The summed E-state index contributed by atoms with van der Waals surface area (Å²) in [6.45, 7) is 5.26. The van der Waals surface area contributed by atoms with Gasteiger partial charge >= 0.3 is 0 Å². The highest BCUT2D eigenvalue weighted by Crippen LogP contribution is 2.36. The smallest absolute Gasteiger partial charge is 0.0781 e. The van der Waals surface area contributed by atoms with E-state index in [0.29, 0.717) is 0 Å². The molecule has 1 aliphatic carbocycles. The lowest BCUT2D eigenvalue weighted by Gasteiger charge is -2.38. The fraction of sp³-hybridized carbons (Fsp3) is 1.00. The average molecular weight is 235 g/mol. The van der Waals surface area contributed by atoms with E-state index in [1.165, 1.54) is 25.7 Å². The maximum atomic E-state index is 5.84. The molecule has 0 aliphatic heterocycles. The maximum absolute atomic E-state index is 5.84. The van der Waals surface area contributed by atoms with Gasteiger partial charge in [-0.2, -0.15) is 0 Å². The van der Waals surface area contributed by atoms with Crippen LogP contribution >= 0.6 is 15.9 Å². The van der Waals surface area contributed by atoms with Gasteiger partial charge in [-0.25, -0.2) is 0 Å². The molecule has 0 spiro atoms. The fourth-order valence-electron chi connectivity index (χ4n) is 2.21. The van der Waals surface area contributed by atoms with E-state index in [1.807, 2.05) is 0 Å². The normalized spacial score (nSPS) is 36.8. The first-order valence-corrected chi connectivity index (χ1v) is 6.04. The summed E-state index contributed by atoms with van der Waals surface area (Å²) in [5.41, 5.74) is 0.159. The molecule has 1 nitrogen and oxygen atoms in total. The predicted molar refractivity (Wildman–Crippen MR) is 55.8 cm³/mol. The topological polar surface area (TPSA) is 9.23 Å². The Bertz CT molecular complexity index is 134. The van der Waals surface area contributed by atoms with E-state index in [4.69, 9.17) is 4.74 Å². The number of rotatable bonds is 3. The van der Waals surface area contributed by atoms with Crippen molar-refractivity contribution in [1.29, 1.82) is 0 Å². The number of hydrogen-bond donors (Lipinski definition) is 0. The van der Waals surface area contributed by atoms with E-state index in [9.17, 15) is 0 Å². The van der Waals surface area contributed by atoms with Crippen LogP contribution in [0.2, 0.25) is 0 Å². The van der Waals surface area contributed by atoms with Crippen molar-refractivity contribution in [2.75, 3.05) is 11.9 Å². The Labute approximate surface area is 84.0 Å². The third-order valence-electron chi connectivity index (χ3n) is 2.74. The van der Waals surface area contributed by atoms with Crippen molar-refractivity contribution in [2.45, 2.75) is 45.1 Å². The van der Waals surface area contributed by atoms with Crippen molar-refractivity contribution < 1.29 is 4.74 Å². The molecule has 1 fully saturated rings. The SMILES string of the molecule is CCOC1(CBr)CCCC(C)C1. The Kier molecular flexibility index (Phi) is 4.04. The Morgan fingerprint density at radius 3 is 2.83 bits per heavy atom. The Morgan fingerprint density at radius 1 is 1.58 bits per heavy atom. The predicted octanol–water partition coefficient (Wildman–Crippen LogP) is 3.37. The third-order valence-corrected chi connectivity index (χ3v) is 3.77. The molecule has 2 heteroatoms. The molecule has 0 radical (unpaired) electrons. The standard InChI is InChI=1S/C10H19BrO/c1-3-12-10(8-11)6-4-5-9(2)7-10/h9H,3-8H2,1-2H3. The first-order chi connectivity index (χ1) is 5.72. The molecular weight excluding hydrogens is 216 g/mol. The lowest BCUT2D eigenvalue weighted by atomic mass is 9.80. The van der Waals surface area contributed by atoms with Crippen LogP contribution in [0.1, 0.15) is 39.5 Å². The van der Waals surface area contributed by atoms with Gasteiger partial charge in [0, 0.05) is 11.9 Å². The van der Waals surface area contributed by atoms with Crippen LogP contribution in [0.5, 0.6) is 0 Å². The molecule has 0 N–H and O–H groups in total. The van der Waals surface area contributed by atoms with Crippen LogP contribution in [0, 0.1) is 5.92 Å². The molecule has 0 aromatic heterocycles. The summed E-state index contributed by atoms with van der Waals surface area (Å²) >= 11 is 3.57. The molecule has 1 saturated carbocycles. The van der Waals surface area contributed by atoms with Crippen LogP contribution in [-0.2, 0) is 4.74 Å². The van der Waals surface area contributed by atoms with Gasteiger partial charge in [-0.1, -0.05) is 35.7 Å². The Hall–Kier alpha value is 0.440. The molecule has 0 bridgehead atoms. The van der Waals surface area contributed by atoms with Gasteiger partial charge in [0.1, 0.15) is 0 Å². The summed E-state index contributed by atoms with van der Waals surface area (Å²) in [4.78, 5) is 0. The number of hydrogen-bond acceptors (Lipinski definition) is 1. The minimum atomic E-state index is 0.159. The monoisotopic (exact) mass is 234 g/mol. The summed E-state index contributed by atoms with van der Waals surface area (Å²) in [6.07, 6.45) is 5.16. The Morgan fingerprint density at radius 2 is 2.33 bits per heavy atom. The average Bonchev–Trinajstić information content (AvgIpc) is 2.05. The minimum Gasteiger partial charge on any atom is -0.374 e. The van der Waals surface area contributed by atoms with E-state index < -0.39 is 0 Å². The Balaban J connectivity index is 2.51. The molecule has 0 saturated heterocycles. The third kappa shape index (κ3) is 2.46. The van der Waals surface area contributed by atoms with Crippen LogP contribution in [-0.4, -0.2) is 17.5 Å². The van der Waals surface area contributed by atoms with Crippen LogP contribution in [0.15, 0.2) is 0 Å². The molecule has 12 heavy (non-hydrogen) atoms. The van der Waals surface area contributed by atoms with Gasteiger partial charge in [0.15, 0.2) is 0 Å². The minimum absolute atomic E-state index is 0.159. The van der Waals surface area contributed by atoms with E-state index in [2.05, 4.69) is 29.8 Å². The van der Waals surface area contributed by atoms with Gasteiger partial charge in [0.2, 0.25) is 0 Å². The van der Waals surface area contributed by atoms with Crippen LogP contribution in [0.4, 0.5) is 0 Å². The van der Waals surface area contributed by atoms with Crippen LogP contribution in [0.25, 0.3) is 0 Å². The first-order valence-electron chi connectivity index (χ1n) is 4.92. The highest BCUT2D eigenvalue weighted by molar-refractivity contribution is 9.09. The largest absolute Gasteiger partial charge is 0.374 e. The summed E-state index contributed by atoms with van der Waals surface area (Å²) in [6, 6.07) is 0. The van der Waals surface area contributed by atoms with Gasteiger partial charge in [0.05, 0.1) is 5.60 Å². The van der Waals surface area contributed by atoms with Crippen LogP contribution in [0.3, 0.4) is 0 Å². The second-order valence-corrected chi connectivity index (χ2v) is 4.51. The summed E-state index contributed by atoms with van der Waals surface area (Å²) < 4.78 is 5.84. The zero-order valence-electron chi connectivity index (χ0n) is 8.11. The van der Waals surface area contributed by atoms with Crippen molar-refractivity contribution in [3.05, 3.63) is 0 Å². The highest BCUT2D eigenvalue weighted by Gasteiger charge is 2.34. The molecule has 0 aromatic carbocycles. The molecular formula is C10H19BrO. The van der Waals surface area contributed by atoms with E-state index >= 15 is 0 Å². The van der Waals surface area contributed by atoms with Gasteiger partial charge in [-0.15, -0.1) is 0 Å². The molecule has 2 unspecified atom stereocenters. The summed E-state index contributed by atoms with van der Waals surface area (Å²) in [5.74, 6) is 0.836. The van der Waals surface area contributed by atoms with Crippen molar-refractivity contribution >= 4 is 15.9 Å². The zero-order valence-corrected chi connectivity index (χ0v) is 9.69. The second kappa shape index (κ2) is 4.61. The lowest BCUT2D eigenvalue weighted by molar-refractivity contribution is -0.0571. The quantitative estimate of drug-likeness (QED) is 0.681. The van der Waals surface area contributed by atoms with E-state index in [1.54, 1.807) is 0 Å². The van der Waals surface area contributed by atoms with Gasteiger partial charge in [-0.05, 0) is 25.7 Å². The molecule has 0 aromatic rings. The fourth-order valence-corrected chi connectivity index (χ4v) is 2.88. The van der Waals surface area contributed by atoms with E-state index in [-0.39, 0.29) is 5.60 Å². The van der Waals surface area contributed by atoms with E-state index in [0.717, 1.165) is 17.9 Å². The van der Waals surface area contributed by atoms with Gasteiger partial charge in [0.25, 0.3) is 0 Å². The lowest BCUT2D eigenvalue weighted by Crippen LogP contribution is -2.39.